The summed E-state index contributed by atoms with van der Waals surface area (Å²) in [6, 6.07) is 31.4. The molecule has 2 heterocycles. The number of hydrogen-bond acceptors (Lipinski definition) is 2. The van der Waals surface area contributed by atoms with Crippen molar-refractivity contribution < 1.29 is 0 Å². The van der Waals surface area contributed by atoms with Crippen molar-refractivity contribution in [1.82, 2.24) is 9.38 Å². The molecule has 0 spiro atoms. The molecule has 2 aromatic heterocycles. The molecule has 4 heteroatoms. The zero-order valence-electron chi connectivity index (χ0n) is 18.0. The van der Waals surface area contributed by atoms with E-state index in [0.717, 1.165) is 38.1 Å². The molecular weight excluding hydrogens is 470 g/mol. The highest BCUT2D eigenvalue weighted by Crippen LogP contribution is 2.35. The maximum Gasteiger partial charge on any atom is 0.165 e. The van der Waals surface area contributed by atoms with Gasteiger partial charge in [0.25, 0.3) is 0 Å². The van der Waals surface area contributed by atoms with Gasteiger partial charge < -0.3 is 0 Å². The minimum atomic E-state index is 0.824. The van der Waals surface area contributed by atoms with E-state index in [1.807, 2.05) is 6.21 Å². The molecule has 0 fully saturated rings. The van der Waals surface area contributed by atoms with Crippen molar-refractivity contribution in [3.63, 3.8) is 0 Å². The highest BCUT2D eigenvalue weighted by Gasteiger charge is 2.17. The molecular formula is C29H20BrN3. The lowest BCUT2D eigenvalue weighted by molar-refractivity contribution is 1.18. The van der Waals surface area contributed by atoms with Gasteiger partial charge in [0.15, 0.2) is 5.82 Å². The maximum atomic E-state index is 5.09. The Morgan fingerprint density at radius 2 is 1.48 bits per heavy atom. The van der Waals surface area contributed by atoms with Crippen molar-refractivity contribution in [1.29, 1.82) is 0 Å². The molecule has 4 aromatic carbocycles. The largest absolute Gasteiger partial charge is 0.284 e. The number of halogens is 1. The lowest BCUT2D eigenvalue weighted by atomic mass is 10.1. The van der Waals surface area contributed by atoms with E-state index in [0.29, 0.717) is 0 Å². The van der Waals surface area contributed by atoms with E-state index in [2.05, 4.69) is 124 Å². The smallest absolute Gasteiger partial charge is 0.165 e. The first kappa shape index (κ1) is 19.9. The van der Waals surface area contributed by atoms with Gasteiger partial charge in [-0.3, -0.25) is 4.40 Å². The number of fused-ring (bicyclic) bond motifs is 4. The molecule has 0 radical (unpaired) electrons. The van der Waals surface area contributed by atoms with Crippen molar-refractivity contribution in [2.45, 2.75) is 6.92 Å². The first-order chi connectivity index (χ1) is 16.2. The van der Waals surface area contributed by atoms with Gasteiger partial charge in [-0.25, -0.2) is 9.98 Å². The third-order valence-electron chi connectivity index (χ3n) is 6.11. The number of aryl methyl sites for hydroxylation is 1. The molecule has 0 saturated heterocycles. The number of benzene rings is 4. The van der Waals surface area contributed by atoms with Gasteiger partial charge in [0.05, 0.1) is 0 Å². The summed E-state index contributed by atoms with van der Waals surface area (Å²) in [5.74, 6) is 0.824. The second-order valence-corrected chi connectivity index (χ2v) is 8.94. The number of imidazole rings is 1. The molecule has 0 bridgehead atoms. The molecule has 0 aliphatic rings. The van der Waals surface area contributed by atoms with Crippen LogP contribution in [0.4, 0.5) is 5.82 Å². The number of hydrogen-bond donors (Lipinski definition) is 0. The van der Waals surface area contributed by atoms with Crippen molar-refractivity contribution in [2.75, 3.05) is 0 Å². The fraction of sp³-hybridized carbons (Fsp3) is 0.0345. The Hall–Kier alpha value is -3.76. The van der Waals surface area contributed by atoms with Crippen LogP contribution in [0.1, 0.15) is 11.1 Å². The van der Waals surface area contributed by atoms with E-state index in [1.165, 1.54) is 21.7 Å². The minimum absolute atomic E-state index is 0.824. The second kappa shape index (κ2) is 7.98. The predicted molar refractivity (Wildman–Crippen MR) is 142 cm³/mol. The lowest BCUT2D eigenvalue weighted by Gasteiger charge is -2.06. The summed E-state index contributed by atoms with van der Waals surface area (Å²) in [6.07, 6.45) is 3.99. The average Bonchev–Trinajstić information content (AvgIpc) is 3.23. The van der Waals surface area contributed by atoms with Crippen LogP contribution in [-0.4, -0.2) is 15.6 Å². The van der Waals surface area contributed by atoms with Crippen LogP contribution >= 0.6 is 15.9 Å². The molecule has 0 atom stereocenters. The van der Waals surface area contributed by atoms with Gasteiger partial charge >= 0.3 is 0 Å². The number of nitrogens with zero attached hydrogens (tertiary/aromatic N) is 3. The Morgan fingerprint density at radius 1 is 0.788 bits per heavy atom. The summed E-state index contributed by atoms with van der Waals surface area (Å²) >= 11 is 3.79. The van der Waals surface area contributed by atoms with E-state index in [9.17, 15) is 0 Å². The Balaban J connectivity index is 1.60. The SMILES string of the molecule is Cc1ccccc1-c1nc2c3ccccc3ccn2c1/N=C/c1ccc2ccccc2c1Br. The monoisotopic (exact) mass is 489 g/mol. The highest BCUT2D eigenvalue weighted by molar-refractivity contribution is 9.10. The summed E-state index contributed by atoms with van der Waals surface area (Å²) in [4.78, 5) is 10.1. The molecule has 0 saturated carbocycles. The van der Waals surface area contributed by atoms with Gasteiger partial charge in [-0.15, -0.1) is 0 Å². The number of rotatable bonds is 3. The van der Waals surface area contributed by atoms with Crippen LogP contribution < -0.4 is 0 Å². The number of pyridine rings is 1. The topological polar surface area (TPSA) is 29.7 Å². The van der Waals surface area contributed by atoms with Crippen LogP contribution in [0.2, 0.25) is 0 Å². The van der Waals surface area contributed by atoms with E-state index < -0.39 is 0 Å². The van der Waals surface area contributed by atoms with E-state index in [-0.39, 0.29) is 0 Å². The molecule has 6 aromatic rings. The quantitative estimate of drug-likeness (QED) is 0.230. The third-order valence-corrected chi connectivity index (χ3v) is 7.00. The minimum Gasteiger partial charge on any atom is -0.284 e. The molecule has 6 rings (SSSR count). The van der Waals surface area contributed by atoms with Crippen molar-refractivity contribution >= 4 is 55.2 Å². The van der Waals surface area contributed by atoms with Gasteiger partial charge in [0.2, 0.25) is 0 Å². The van der Waals surface area contributed by atoms with E-state index in [4.69, 9.17) is 9.98 Å². The fourth-order valence-corrected chi connectivity index (χ4v) is 4.98. The molecule has 0 aliphatic carbocycles. The zero-order chi connectivity index (χ0) is 22.4. The van der Waals surface area contributed by atoms with Gasteiger partial charge in [-0.05, 0) is 50.6 Å². The molecule has 3 nitrogen and oxygen atoms in total. The lowest BCUT2D eigenvalue weighted by Crippen LogP contribution is -1.89. The van der Waals surface area contributed by atoms with Gasteiger partial charge in [0.1, 0.15) is 11.3 Å². The standard InChI is InChI=1S/C29H20BrN3/c1-19-8-2-5-11-23(19)27-29(33-17-16-21-10-4-7-13-25(21)28(33)32-27)31-18-22-15-14-20-9-3-6-12-24(20)26(22)30/h2-18H,1H3/b31-18+. The van der Waals surface area contributed by atoms with Crippen LogP contribution in [-0.2, 0) is 0 Å². The van der Waals surface area contributed by atoms with Crippen LogP contribution in [0.25, 0.3) is 38.4 Å². The Kier molecular flexibility index (Phi) is 4.81. The molecule has 33 heavy (non-hydrogen) atoms. The Bertz CT molecular complexity index is 1690. The Labute approximate surface area is 200 Å². The van der Waals surface area contributed by atoms with Crippen LogP contribution in [0, 0.1) is 6.92 Å². The fourth-order valence-electron chi connectivity index (χ4n) is 4.38. The van der Waals surface area contributed by atoms with Crippen LogP contribution in [0.3, 0.4) is 0 Å². The average molecular weight is 490 g/mol. The number of aromatic nitrogens is 2. The van der Waals surface area contributed by atoms with E-state index in [1.54, 1.807) is 0 Å². The van der Waals surface area contributed by atoms with Crippen LogP contribution in [0.15, 0.2) is 107 Å². The third kappa shape index (κ3) is 3.35. The van der Waals surface area contributed by atoms with Crippen molar-refractivity contribution in [3.05, 3.63) is 113 Å². The van der Waals surface area contributed by atoms with Gasteiger partial charge in [-0.1, -0.05) is 84.9 Å². The molecule has 0 unspecified atom stereocenters. The van der Waals surface area contributed by atoms with E-state index >= 15 is 0 Å². The van der Waals surface area contributed by atoms with Crippen LogP contribution in [0.5, 0.6) is 0 Å². The predicted octanol–water partition coefficient (Wildman–Crippen LogP) is 8.13. The molecule has 0 N–H and O–H groups in total. The Morgan fingerprint density at radius 3 is 2.30 bits per heavy atom. The first-order valence-corrected chi connectivity index (χ1v) is 11.7. The molecule has 158 valence electrons. The van der Waals surface area contributed by atoms with Gasteiger partial charge in [0, 0.05) is 33.4 Å². The van der Waals surface area contributed by atoms with Gasteiger partial charge in [-0.2, -0.15) is 0 Å². The molecule has 0 aliphatic heterocycles. The number of aliphatic imine (C=N–C) groups is 1. The second-order valence-electron chi connectivity index (χ2n) is 8.14. The zero-order valence-corrected chi connectivity index (χ0v) is 19.6. The normalized spacial score (nSPS) is 11.8. The summed E-state index contributed by atoms with van der Waals surface area (Å²) in [5.41, 5.74) is 5.09. The summed E-state index contributed by atoms with van der Waals surface area (Å²) in [7, 11) is 0. The molecule has 0 amide bonds. The maximum absolute atomic E-state index is 5.09. The first-order valence-electron chi connectivity index (χ1n) is 10.9. The summed E-state index contributed by atoms with van der Waals surface area (Å²) in [5, 5.41) is 4.65. The van der Waals surface area contributed by atoms with Crippen molar-refractivity contribution in [3.8, 4) is 11.3 Å². The summed E-state index contributed by atoms with van der Waals surface area (Å²) in [6.45, 7) is 2.12. The summed E-state index contributed by atoms with van der Waals surface area (Å²) < 4.78 is 3.14. The highest BCUT2D eigenvalue weighted by atomic mass is 79.9. The van der Waals surface area contributed by atoms with Crippen molar-refractivity contribution in [2.24, 2.45) is 4.99 Å².